The SMILES string of the molecule is Cc1cc([N+](=O)[O-])ccc1NC(=O)COC(=O)CCc1c(C)noc1C. The van der Waals surface area contributed by atoms with E-state index < -0.39 is 23.4 Å². The van der Waals surface area contributed by atoms with E-state index in [0.29, 0.717) is 23.4 Å². The predicted octanol–water partition coefficient (Wildman–Crippen LogP) is 2.62. The molecular formula is C17H19N3O6. The number of aryl methyl sites for hydroxylation is 3. The van der Waals surface area contributed by atoms with E-state index in [1.54, 1.807) is 20.8 Å². The molecule has 1 aromatic heterocycles. The van der Waals surface area contributed by atoms with Crippen LogP contribution in [0.25, 0.3) is 0 Å². The highest BCUT2D eigenvalue weighted by Gasteiger charge is 2.14. The molecule has 0 aliphatic heterocycles. The summed E-state index contributed by atoms with van der Waals surface area (Å²) in [5, 5.41) is 17.1. The number of nitrogens with zero attached hydrogens (tertiary/aromatic N) is 2. The largest absolute Gasteiger partial charge is 0.456 e. The smallest absolute Gasteiger partial charge is 0.306 e. The highest BCUT2D eigenvalue weighted by atomic mass is 16.6. The number of esters is 1. The molecule has 1 amide bonds. The summed E-state index contributed by atoms with van der Waals surface area (Å²) in [5.41, 5.74) is 2.48. The van der Waals surface area contributed by atoms with Gasteiger partial charge in [0.05, 0.1) is 10.6 Å². The number of ether oxygens (including phenoxy) is 1. The maximum absolute atomic E-state index is 11.9. The second-order valence-corrected chi connectivity index (χ2v) is 5.77. The first-order chi connectivity index (χ1) is 12.3. The van der Waals surface area contributed by atoms with Crippen LogP contribution in [0.2, 0.25) is 0 Å². The molecule has 0 spiro atoms. The molecule has 9 nitrogen and oxygen atoms in total. The molecule has 1 N–H and O–H groups in total. The Bertz CT molecular complexity index is 824. The minimum atomic E-state index is -0.521. The molecular weight excluding hydrogens is 342 g/mol. The third-order valence-corrected chi connectivity index (χ3v) is 3.82. The number of non-ortho nitro benzene ring substituents is 1. The molecule has 2 aromatic rings. The van der Waals surface area contributed by atoms with E-state index in [9.17, 15) is 19.7 Å². The van der Waals surface area contributed by atoms with Gasteiger partial charge in [0.15, 0.2) is 6.61 Å². The van der Waals surface area contributed by atoms with Gasteiger partial charge in [0.2, 0.25) is 0 Å². The van der Waals surface area contributed by atoms with Gasteiger partial charge in [0.1, 0.15) is 5.76 Å². The molecule has 0 saturated carbocycles. The van der Waals surface area contributed by atoms with Gasteiger partial charge in [0, 0.05) is 29.8 Å². The average molecular weight is 361 g/mol. The van der Waals surface area contributed by atoms with Crippen LogP contribution in [0.1, 0.15) is 29.0 Å². The Balaban J connectivity index is 1.81. The maximum Gasteiger partial charge on any atom is 0.306 e. The molecule has 1 heterocycles. The van der Waals surface area contributed by atoms with Gasteiger partial charge in [-0.05, 0) is 38.8 Å². The molecule has 0 aliphatic carbocycles. The van der Waals surface area contributed by atoms with Crippen LogP contribution in [-0.4, -0.2) is 28.6 Å². The number of rotatable bonds is 7. The lowest BCUT2D eigenvalue weighted by Crippen LogP contribution is -2.21. The Morgan fingerprint density at radius 2 is 2.04 bits per heavy atom. The van der Waals surface area contributed by atoms with Crippen LogP contribution < -0.4 is 5.32 Å². The molecule has 0 aliphatic rings. The first-order valence-electron chi connectivity index (χ1n) is 7.90. The third kappa shape index (κ3) is 4.88. The number of benzene rings is 1. The van der Waals surface area contributed by atoms with Crippen molar-refractivity contribution in [3.05, 3.63) is 50.9 Å². The average Bonchev–Trinajstić information content (AvgIpc) is 2.91. The Morgan fingerprint density at radius 3 is 2.62 bits per heavy atom. The first-order valence-corrected chi connectivity index (χ1v) is 7.90. The quantitative estimate of drug-likeness (QED) is 0.456. The third-order valence-electron chi connectivity index (χ3n) is 3.82. The normalized spacial score (nSPS) is 10.4. The Labute approximate surface area is 149 Å². The minimum absolute atomic E-state index is 0.0637. The van der Waals surface area contributed by atoms with Crippen molar-refractivity contribution in [3.63, 3.8) is 0 Å². The Morgan fingerprint density at radius 1 is 1.31 bits per heavy atom. The zero-order chi connectivity index (χ0) is 19.3. The second-order valence-electron chi connectivity index (χ2n) is 5.77. The molecule has 26 heavy (non-hydrogen) atoms. The van der Waals surface area contributed by atoms with E-state index in [4.69, 9.17) is 9.26 Å². The summed E-state index contributed by atoms with van der Waals surface area (Å²) in [6.07, 6.45) is 0.524. The molecule has 1 aromatic carbocycles. The molecule has 0 radical (unpaired) electrons. The number of nitro groups is 1. The number of aromatic nitrogens is 1. The lowest BCUT2D eigenvalue weighted by molar-refractivity contribution is -0.384. The van der Waals surface area contributed by atoms with Crippen molar-refractivity contribution in [3.8, 4) is 0 Å². The van der Waals surface area contributed by atoms with Gasteiger partial charge >= 0.3 is 5.97 Å². The van der Waals surface area contributed by atoms with Crippen LogP contribution in [0.3, 0.4) is 0 Å². The van der Waals surface area contributed by atoms with Gasteiger partial charge in [-0.3, -0.25) is 19.7 Å². The van der Waals surface area contributed by atoms with Crippen LogP contribution >= 0.6 is 0 Å². The van der Waals surface area contributed by atoms with Crippen molar-refractivity contribution in [2.45, 2.75) is 33.6 Å². The number of amides is 1. The topological polar surface area (TPSA) is 125 Å². The number of hydrogen-bond donors (Lipinski definition) is 1. The predicted molar refractivity (Wildman–Crippen MR) is 91.7 cm³/mol. The van der Waals surface area contributed by atoms with E-state index >= 15 is 0 Å². The fraction of sp³-hybridized carbons (Fsp3) is 0.353. The number of carbonyl (C=O) groups is 2. The number of hydrogen-bond acceptors (Lipinski definition) is 7. The van der Waals surface area contributed by atoms with E-state index in [1.165, 1.54) is 18.2 Å². The van der Waals surface area contributed by atoms with Gasteiger partial charge in [-0.25, -0.2) is 0 Å². The van der Waals surface area contributed by atoms with Gasteiger partial charge in [-0.2, -0.15) is 0 Å². The minimum Gasteiger partial charge on any atom is -0.456 e. The fourth-order valence-electron chi connectivity index (χ4n) is 2.39. The summed E-state index contributed by atoms with van der Waals surface area (Å²) in [6.45, 7) is 4.76. The molecule has 0 unspecified atom stereocenters. The van der Waals surface area contributed by atoms with Crippen molar-refractivity contribution in [1.29, 1.82) is 0 Å². The Kier molecular flexibility index (Phi) is 6.05. The van der Waals surface area contributed by atoms with Gasteiger partial charge < -0.3 is 14.6 Å². The fourth-order valence-corrected chi connectivity index (χ4v) is 2.39. The number of nitrogens with one attached hydrogen (secondary N) is 1. The van der Waals surface area contributed by atoms with E-state index in [1.807, 2.05) is 0 Å². The summed E-state index contributed by atoms with van der Waals surface area (Å²) in [7, 11) is 0. The van der Waals surface area contributed by atoms with Crippen molar-refractivity contribution < 1.29 is 23.8 Å². The summed E-state index contributed by atoms with van der Waals surface area (Å²) in [6, 6.07) is 4.08. The summed E-state index contributed by atoms with van der Waals surface area (Å²) < 4.78 is 9.96. The van der Waals surface area contributed by atoms with Crippen molar-refractivity contribution in [2.24, 2.45) is 0 Å². The highest BCUT2D eigenvalue weighted by molar-refractivity contribution is 5.93. The van der Waals surface area contributed by atoms with Gasteiger partial charge in [-0.15, -0.1) is 0 Å². The van der Waals surface area contributed by atoms with Crippen molar-refractivity contribution >= 4 is 23.3 Å². The molecule has 0 atom stereocenters. The highest BCUT2D eigenvalue weighted by Crippen LogP contribution is 2.21. The molecule has 138 valence electrons. The van der Waals surface area contributed by atoms with E-state index in [2.05, 4.69) is 10.5 Å². The first kappa shape index (κ1) is 19.1. The molecule has 2 rings (SSSR count). The molecule has 0 fully saturated rings. The lowest BCUT2D eigenvalue weighted by atomic mass is 10.1. The zero-order valence-electron chi connectivity index (χ0n) is 14.7. The standard InChI is InChI=1S/C17H19N3O6/c1-10-8-13(20(23)24)4-6-15(10)18-16(21)9-25-17(22)7-5-14-11(2)19-26-12(14)3/h4,6,8H,5,7,9H2,1-3H3,(H,18,21). The van der Waals surface area contributed by atoms with Crippen LogP contribution in [0.15, 0.2) is 22.7 Å². The lowest BCUT2D eigenvalue weighted by Gasteiger charge is -2.09. The Hall–Kier alpha value is -3.23. The molecule has 9 heteroatoms. The van der Waals surface area contributed by atoms with E-state index in [0.717, 1.165) is 11.3 Å². The summed E-state index contributed by atoms with van der Waals surface area (Å²) in [4.78, 5) is 33.8. The number of carbonyl (C=O) groups excluding carboxylic acids is 2. The second kappa shape index (κ2) is 8.24. The van der Waals surface area contributed by atoms with Crippen LogP contribution in [0, 0.1) is 30.9 Å². The molecule has 0 saturated heterocycles. The van der Waals surface area contributed by atoms with Crippen LogP contribution in [0.5, 0.6) is 0 Å². The molecule has 0 bridgehead atoms. The van der Waals surface area contributed by atoms with Gasteiger partial charge in [-0.1, -0.05) is 5.16 Å². The number of anilines is 1. The van der Waals surface area contributed by atoms with E-state index in [-0.39, 0.29) is 12.1 Å². The summed E-state index contributed by atoms with van der Waals surface area (Å²) in [5.74, 6) is -0.380. The zero-order valence-corrected chi connectivity index (χ0v) is 14.7. The number of nitro benzene ring substituents is 1. The van der Waals surface area contributed by atoms with Crippen LogP contribution in [0.4, 0.5) is 11.4 Å². The maximum atomic E-state index is 11.9. The monoisotopic (exact) mass is 361 g/mol. The van der Waals surface area contributed by atoms with Crippen molar-refractivity contribution in [2.75, 3.05) is 11.9 Å². The van der Waals surface area contributed by atoms with Crippen molar-refractivity contribution in [1.82, 2.24) is 5.16 Å². The van der Waals surface area contributed by atoms with Crippen LogP contribution in [-0.2, 0) is 20.7 Å². The van der Waals surface area contributed by atoms with Gasteiger partial charge in [0.25, 0.3) is 11.6 Å². The summed E-state index contributed by atoms with van der Waals surface area (Å²) >= 11 is 0.